The summed E-state index contributed by atoms with van der Waals surface area (Å²) in [4.78, 5) is 27.8. The molecular weight excluding hydrogens is 942 g/mol. The number of likely N-dealkylation sites (tertiary alicyclic amines) is 3. The van der Waals surface area contributed by atoms with Gasteiger partial charge < -0.3 is 20.1 Å². The Kier molecular flexibility index (Phi) is 14.2. The SMILES string of the molecule is CCC12C(=O)C34C5C[C@H](Cc6ccc(Cl)cc6)N(C)C3[C@@H](COC)NC4[C@H](C)N(Cc3ccc(Cl)cc3Oc3ccc(-n4cc(CN6CCCC6)nn4)cc3)C1C[C@@H](Cc1ccccc1)C2N(C)[C@@H](C)CN5. The molecule has 12 atom stereocenters. The predicted molar refractivity (Wildman–Crippen MR) is 285 cm³/mol. The van der Waals surface area contributed by atoms with Gasteiger partial charge in [0.2, 0.25) is 0 Å². The summed E-state index contributed by atoms with van der Waals surface area (Å²) in [6, 6.07) is 33.2. The molecular formula is C58H73Cl2N9O3. The van der Waals surface area contributed by atoms with Crippen LogP contribution in [0.25, 0.3) is 5.69 Å². The maximum Gasteiger partial charge on any atom is 0.153 e. The van der Waals surface area contributed by atoms with Gasteiger partial charge in [0.1, 0.15) is 11.5 Å². The van der Waals surface area contributed by atoms with E-state index in [0.717, 1.165) is 80.3 Å². The highest BCUT2D eigenvalue weighted by atomic mass is 35.5. The third-order valence-electron chi connectivity index (χ3n) is 18.5. The molecule has 6 heterocycles. The number of nitrogens with one attached hydrogen (secondary N) is 2. The van der Waals surface area contributed by atoms with Crippen LogP contribution >= 0.6 is 23.2 Å². The van der Waals surface area contributed by atoms with Crippen molar-refractivity contribution in [3.8, 4) is 17.2 Å². The van der Waals surface area contributed by atoms with E-state index >= 15 is 4.79 Å². The lowest BCUT2D eigenvalue weighted by Gasteiger charge is -2.57. The van der Waals surface area contributed by atoms with Crippen molar-refractivity contribution in [2.75, 3.05) is 47.4 Å². The van der Waals surface area contributed by atoms with Gasteiger partial charge in [0, 0.05) is 96.7 Å². The van der Waals surface area contributed by atoms with Crippen molar-refractivity contribution in [3.63, 3.8) is 0 Å². The zero-order valence-corrected chi connectivity index (χ0v) is 44.4. The number of ether oxygens (including phenoxy) is 2. The third-order valence-corrected chi connectivity index (χ3v) is 19.0. The van der Waals surface area contributed by atoms with Crippen LogP contribution in [0.3, 0.4) is 0 Å². The van der Waals surface area contributed by atoms with Crippen LogP contribution in [0.15, 0.2) is 103 Å². The lowest BCUT2D eigenvalue weighted by Crippen LogP contribution is -2.73. The predicted octanol–water partition coefficient (Wildman–Crippen LogP) is 8.71. The number of nitrogens with zero attached hydrogens (tertiary/aromatic N) is 7. The maximum absolute atomic E-state index is 17.5. The van der Waals surface area contributed by atoms with Gasteiger partial charge >= 0.3 is 0 Å². The second kappa shape index (κ2) is 20.5. The normalized spacial score (nSPS) is 33.1. The Morgan fingerprint density at radius 3 is 2.31 bits per heavy atom. The van der Waals surface area contributed by atoms with Gasteiger partial charge in [0.15, 0.2) is 5.78 Å². The largest absolute Gasteiger partial charge is 0.457 e. The van der Waals surface area contributed by atoms with E-state index in [0.29, 0.717) is 35.5 Å². The molecule has 0 radical (unpaired) electrons. The fraction of sp³-hybridized carbons (Fsp3) is 0.534. The number of carbonyl (C=O) groups is 1. The van der Waals surface area contributed by atoms with Crippen LogP contribution in [-0.4, -0.2) is 142 Å². The quantitative estimate of drug-likeness (QED) is 0.112. The van der Waals surface area contributed by atoms with Crippen LogP contribution in [0.2, 0.25) is 10.0 Å². The molecule has 72 heavy (non-hydrogen) atoms. The fourth-order valence-corrected chi connectivity index (χ4v) is 15.5. The number of rotatable bonds is 14. The molecule has 1 saturated carbocycles. The first-order chi connectivity index (χ1) is 34.9. The molecule has 1 aliphatic carbocycles. The summed E-state index contributed by atoms with van der Waals surface area (Å²) in [5.74, 6) is 2.08. The average Bonchev–Trinajstić information content (AvgIpc) is 4.20. The van der Waals surface area contributed by atoms with Crippen molar-refractivity contribution in [2.24, 2.45) is 16.7 Å². The maximum atomic E-state index is 17.5. The van der Waals surface area contributed by atoms with Crippen molar-refractivity contribution in [3.05, 3.63) is 136 Å². The number of aromatic nitrogens is 3. The van der Waals surface area contributed by atoms with Gasteiger partial charge in [-0.3, -0.25) is 24.4 Å². The van der Waals surface area contributed by atoms with E-state index in [9.17, 15) is 0 Å². The molecule has 12 nitrogen and oxygen atoms in total. The molecule has 6 aliphatic rings. The van der Waals surface area contributed by atoms with Crippen LogP contribution in [-0.2, 0) is 35.5 Å². The number of Topliss-reactive ketones (excluding diaryl/α,β-unsaturated/α-hetero) is 1. The summed E-state index contributed by atoms with van der Waals surface area (Å²) in [5.41, 5.74) is 4.01. The first kappa shape index (κ1) is 50.0. The van der Waals surface area contributed by atoms with E-state index in [2.05, 4.69) is 124 Å². The molecule has 5 aromatic rings. The van der Waals surface area contributed by atoms with Crippen molar-refractivity contribution >= 4 is 29.0 Å². The number of likely N-dealkylation sites (N-methyl/N-ethyl adjacent to an activating group) is 2. The first-order valence-corrected chi connectivity index (χ1v) is 27.4. The Morgan fingerprint density at radius 1 is 0.833 bits per heavy atom. The van der Waals surface area contributed by atoms with Gasteiger partial charge in [-0.05, 0) is 152 Å². The molecule has 2 bridgehead atoms. The minimum absolute atomic E-state index is 0.00135. The number of carbonyl (C=O) groups excluding carboxylic acids is 1. The molecule has 0 amide bonds. The molecule has 2 N–H and O–H groups in total. The molecule has 382 valence electrons. The van der Waals surface area contributed by atoms with E-state index in [1.54, 1.807) is 7.11 Å². The zero-order chi connectivity index (χ0) is 49.9. The average molecular weight is 1020 g/mol. The minimum atomic E-state index is -0.776. The summed E-state index contributed by atoms with van der Waals surface area (Å²) < 4.78 is 14.9. The second-order valence-corrected chi connectivity index (χ2v) is 23.1. The van der Waals surface area contributed by atoms with Gasteiger partial charge in [-0.1, -0.05) is 83.9 Å². The minimum Gasteiger partial charge on any atom is -0.457 e. The van der Waals surface area contributed by atoms with Crippen molar-refractivity contribution in [2.45, 2.75) is 133 Å². The van der Waals surface area contributed by atoms with Crippen LogP contribution in [0.4, 0.5) is 0 Å². The lowest BCUT2D eigenvalue weighted by molar-refractivity contribution is -0.154. The van der Waals surface area contributed by atoms with Crippen LogP contribution in [0.1, 0.15) is 75.3 Å². The smallest absolute Gasteiger partial charge is 0.153 e. The summed E-state index contributed by atoms with van der Waals surface area (Å²) in [6.07, 6.45) is 8.74. The Balaban J connectivity index is 0.999. The number of hydrogen-bond acceptors (Lipinski definition) is 11. The Labute approximate surface area is 436 Å². The van der Waals surface area contributed by atoms with Gasteiger partial charge in [-0.25, -0.2) is 4.68 Å². The van der Waals surface area contributed by atoms with Gasteiger partial charge in [0.25, 0.3) is 0 Å². The van der Waals surface area contributed by atoms with E-state index in [-0.39, 0.29) is 60.3 Å². The monoisotopic (exact) mass is 1010 g/mol. The van der Waals surface area contributed by atoms with Crippen molar-refractivity contribution < 1.29 is 14.3 Å². The van der Waals surface area contributed by atoms with Crippen LogP contribution < -0.4 is 15.4 Å². The van der Waals surface area contributed by atoms with Gasteiger partial charge in [-0.15, -0.1) is 5.10 Å². The summed E-state index contributed by atoms with van der Waals surface area (Å²) in [7, 11) is 6.40. The molecule has 1 spiro atoms. The highest BCUT2D eigenvalue weighted by Gasteiger charge is 2.77. The molecule has 5 aliphatic heterocycles. The standard InChI is InChI=1S/C58H73Cl2N9O3/c1-7-57-52-29-42(27-39-13-9-8-10-14-39)54(57)65(4)37(2)32-61-51-31-47(28-40-15-18-43(59)19-16-40)66(5)55-49(36-71-6)62-53(58(51,55)56(57)70)38(3)68(52)33-41-17-20-44(60)30-50(41)72-48-23-21-46(22-24-48)69-35-45(63-64-69)34-67-25-11-12-26-67/h8-10,13-24,30,35,37-38,42,47,49,51-55,61-62H,7,11-12,25-29,31-34,36H2,1-6H3/t37-,38-,42+,47-,49+,51?,52?,53?,54?,55?,57?,58?/m0/s1. The third kappa shape index (κ3) is 8.74. The highest BCUT2D eigenvalue weighted by molar-refractivity contribution is 6.31. The molecule has 1 aromatic heterocycles. The molecule has 6 fully saturated rings. The highest BCUT2D eigenvalue weighted by Crippen LogP contribution is 2.63. The molecule has 5 saturated heterocycles. The topological polar surface area (TPSA) is 103 Å². The van der Waals surface area contributed by atoms with E-state index in [1.807, 2.05) is 59.4 Å². The lowest BCUT2D eigenvalue weighted by atomic mass is 9.54. The first-order valence-electron chi connectivity index (χ1n) is 26.6. The molecule has 14 heteroatoms. The zero-order valence-electron chi connectivity index (χ0n) is 42.9. The number of piperidine rings is 1. The molecule has 11 rings (SSSR count). The Bertz CT molecular complexity index is 2680. The number of methoxy groups -OCH3 is 1. The number of ketones is 1. The van der Waals surface area contributed by atoms with E-state index < -0.39 is 10.8 Å². The van der Waals surface area contributed by atoms with E-state index in [1.165, 1.54) is 24.0 Å². The summed E-state index contributed by atoms with van der Waals surface area (Å²) >= 11 is 13.3. The van der Waals surface area contributed by atoms with Crippen molar-refractivity contribution in [1.82, 2.24) is 45.2 Å². The van der Waals surface area contributed by atoms with E-state index in [4.69, 9.17) is 32.7 Å². The molecule has 4 aromatic carbocycles. The Morgan fingerprint density at radius 2 is 1.57 bits per heavy atom. The second-order valence-electron chi connectivity index (χ2n) is 22.2. The number of benzene rings is 4. The van der Waals surface area contributed by atoms with Crippen LogP contribution in [0, 0.1) is 16.7 Å². The number of halogens is 2. The summed E-state index contributed by atoms with van der Waals surface area (Å²) in [6.45, 7) is 12.0. The van der Waals surface area contributed by atoms with Crippen LogP contribution in [0.5, 0.6) is 11.5 Å². The summed E-state index contributed by atoms with van der Waals surface area (Å²) in [5, 5.41) is 18.8. The van der Waals surface area contributed by atoms with Crippen molar-refractivity contribution in [1.29, 1.82) is 0 Å². The molecule has 7 unspecified atom stereocenters. The number of hydrogen-bond donors (Lipinski definition) is 2. The van der Waals surface area contributed by atoms with Gasteiger partial charge in [-0.2, -0.15) is 0 Å². The Hall–Kier alpha value is -4.21. The fourth-order valence-electron chi connectivity index (χ4n) is 15.2. The van der Waals surface area contributed by atoms with Gasteiger partial charge in [0.05, 0.1) is 35.0 Å².